The number of thiocarbonyl (C=S) groups is 1. The molecule has 0 unspecified atom stereocenters. The number of halogens is 3. The number of hydrogen-bond donors (Lipinski definition) is 3. The fourth-order valence-electron chi connectivity index (χ4n) is 2.07. The van der Waals surface area contributed by atoms with Crippen LogP contribution >= 0.6 is 12.2 Å². The Balaban J connectivity index is 1.89. The van der Waals surface area contributed by atoms with Gasteiger partial charge in [-0.1, -0.05) is 0 Å². The molecule has 2 rings (SSSR count). The summed E-state index contributed by atoms with van der Waals surface area (Å²) in [5.41, 5.74) is 5.56. The number of rotatable bonds is 5. The lowest BCUT2D eigenvalue weighted by Gasteiger charge is -2.13. The minimum absolute atomic E-state index is 0.0262. The number of carbonyl (C=O) groups excluding carboxylic acids is 1. The summed E-state index contributed by atoms with van der Waals surface area (Å²) in [5.74, 6) is 0.0110. The number of anilines is 1. The van der Waals surface area contributed by atoms with Gasteiger partial charge in [0, 0.05) is 11.3 Å². The van der Waals surface area contributed by atoms with Gasteiger partial charge < -0.3 is 19.5 Å². The standard InChI is InChI=1S/C17H16F3N3O4S/c1-25-13-8-3-10(9-14(13)26-2)15(24)22-23-16(28)21-11-4-6-12(7-5-11)27-17(18,19)20/h3-9H,1-2H3,(H,22,24)(H2,21,23,28). The first-order chi connectivity index (χ1) is 13.2. The van der Waals surface area contributed by atoms with Crippen molar-refractivity contribution in [2.45, 2.75) is 6.36 Å². The molecule has 2 aromatic rings. The van der Waals surface area contributed by atoms with E-state index in [1.54, 1.807) is 6.07 Å². The molecule has 0 radical (unpaired) electrons. The van der Waals surface area contributed by atoms with Crippen molar-refractivity contribution in [3.05, 3.63) is 48.0 Å². The van der Waals surface area contributed by atoms with Crippen molar-refractivity contribution < 1.29 is 32.2 Å². The first-order valence-electron chi connectivity index (χ1n) is 7.67. The van der Waals surface area contributed by atoms with Gasteiger partial charge in [-0.25, -0.2) is 0 Å². The van der Waals surface area contributed by atoms with E-state index in [1.807, 2.05) is 0 Å². The minimum Gasteiger partial charge on any atom is -0.493 e. The summed E-state index contributed by atoms with van der Waals surface area (Å²) in [6.07, 6.45) is -4.76. The van der Waals surface area contributed by atoms with Crippen LogP contribution in [0.2, 0.25) is 0 Å². The van der Waals surface area contributed by atoms with Crippen molar-refractivity contribution in [2.24, 2.45) is 0 Å². The molecule has 0 aromatic heterocycles. The summed E-state index contributed by atoms with van der Waals surface area (Å²) in [6, 6.07) is 9.53. The van der Waals surface area contributed by atoms with Crippen LogP contribution in [0.15, 0.2) is 42.5 Å². The second kappa shape index (κ2) is 9.13. The highest BCUT2D eigenvalue weighted by molar-refractivity contribution is 7.80. The molecule has 0 aliphatic carbocycles. The van der Waals surface area contributed by atoms with Gasteiger partial charge in [0.05, 0.1) is 14.2 Å². The Kier molecular flexibility index (Phi) is 6.88. The Labute approximate surface area is 163 Å². The molecule has 0 saturated heterocycles. The molecule has 0 saturated carbocycles. The lowest BCUT2D eigenvalue weighted by Crippen LogP contribution is -2.43. The number of methoxy groups -OCH3 is 2. The second-order valence-corrected chi connectivity index (χ2v) is 5.58. The molecule has 1 amide bonds. The van der Waals surface area contributed by atoms with E-state index in [-0.39, 0.29) is 10.9 Å². The van der Waals surface area contributed by atoms with Gasteiger partial charge in [-0.05, 0) is 54.7 Å². The fourth-order valence-corrected chi connectivity index (χ4v) is 2.23. The number of carbonyl (C=O) groups is 1. The Morgan fingerprint density at radius 1 is 0.964 bits per heavy atom. The molecule has 2 aromatic carbocycles. The largest absolute Gasteiger partial charge is 0.573 e. The number of nitrogens with one attached hydrogen (secondary N) is 3. The van der Waals surface area contributed by atoms with Crippen molar-refractivity contribution in [3.8, 4) is 17.2 Å². The monoisotopic (exact) mass is 415 g/mol. The smallest absolute Gasteiger partial charge is 0.493 e. The van der Waals surface area contributed by atoms with Crippen LogP contribution in [0.25, 0.3) is 0 Å². The lowest BCUT2D eigenvalue weighted by molar-refractivity contribution is -0.274. The van der Waals surface area contributed by atoms with Crippen LogP contribution < -0.4 is 30.4 Å². The average Bonchev–Trinajstić information content (AvgIpc) is 2.66. The van der Waals surface area contributed by atoms with Gasteiger partial charge in [0.25, 0.3) is 5.91 Å². The minimum atomic E-state index is -4.76. The Morgan fingerprint density at radius 3 is 2.18 bits per heavy atom. The number of benzene rings is 2. The van der Waals surface area contributed by atoms with Crippen LogP contribution in [-0.2, 0) is 0 Å². The van der Waals surface area contributed by atoms with Crippen molar-refractivity contribution in [1.82, 2.24) is 10.9 Å². The Hall–Kier alpha value is -3.21. The topological polar surface area (TPSA) is 80.9 Å². The maximum atomic E-state index is 12.2. The third-order valence-corrected chi connectivity index (χ3v) is 3.49. The first-order valence-corrected chi connectivity index (χ1v) is 8.08. The Morgan fingerprint density at radius 2 is 1.61 bits per heavy atom. The number of hydrogen-bond acceptors (Lipinski definition) is 5. The molecule has 28 heavy (non-hydrogen) atoms. The van der Waals surface area contributed by atoms with E-state index < -0.39 is 12.3 Å². The molecule has 0 aliphatic rings. The van der Waals surface area contributed by atoms with E-state index in [1.165, 1.54) is 38.5 Å². The molecule has 150 valence electrons. The fraction of sp³-hybridized carbons (Fsp3) is 0.176. The van der Waals surface area contributed by atoms with Crippen LogP contribution in [0.4, 0.5) is 18.9 Å². The number of amides is 1. The van der Waals surface area contributed by atoms with Gasteiger partial charge in [0.2, 0.25) is 0 Å². The van der Waals surface area contributed by atoms with Crippen LogP contribution in [0, 0.1) is 0 Å². The first kappa shape index (κ1) is 21.1. The highest BCUT2D eigenvalue weighted by atomic mass is 32.1. The SMILES string of the molecule is COc1ccc(C(=O)NNC(=S)Nc2ccc(OC(F)(F)F)cc2)cc1OC. The second-order valence-electron chi connectivity index (χ2n) is 5.18. The van der Waals surface area contributed by atoms with Gasteiger partial charge in [0.1, 0.15) is 5.75 Å². The lowest BCUT2D eigenvalue weighted by atomic mass is 10.2. The number of hydrazine groups is 1. The van der Waals surface area contributed by atoms with Gasteiger partial charge in [-0.2, -0.15) is 0 Å². The predicted molar refractivity (Wildman–Crippen MR) is 99.5 cm³/mol. The predicted octanol–water partition coefficient (Wildman–Crippen LogP) is 3.23. The summed E-state index contributed by atoms with van der Waals surface area (Å²) in [5, 5.41) is 2.73. The van der Waals surface area contributed by atoms with E-state index in [4.69, 9.17) is 21.7 Å². The Bertz CT molecular complexity index is 845. The van der Waals surface area contributed by atoms with Gasteiger partial charge >= 0.3 is 6.36 Å². The molecular formula is C17H16F3N3O4S. The summed E-state index contributed by atoms with van der Waals surface area (Å²) in [6.45, 7) is 0. The van der Waals surface area contributed by atoms with Crippen LogP contribution in [-0.4, -0.2) is 31.6 Å². The van der Waals surface area contributed by atoms with E-state index in [0.717, 1.165) is 12.1 Å². The molecule has 0 fully saturated rings. The van der Waals surface area contributed by atoms with E-state index >= 15 is 0 Å². The molecule has 0 spiro atoms. The molecule has 0 bridgehead atoms. The van der Waals surface area contributed by atoms with E-state index in [9.17, 15) is 18.0 Å². The third kappa shape index (κ3) is 6.20. The molecule has 0 heterocycles. The summed E-state index contributed by atoms with van der Waals surface area (Å²) < 4.78 is 50.4. The van der Waals surface area contributed by atoms with E-state index in [2.05, 4.69) is 20.9 Å². The number of alkyl halides is 3. The molecule has 7 nitrogen and oxygen atoms in total. The zero-order chi connectivity index (χ0) is 20.7. The van der Waals surface area contributed by atoms with Crippen LogP contribution in [0.3, 0.4) is 0 Å². The molecule has 0 atom stereocenters. The zero-order valence-corrected chi connectivity index (χ0v) is 15.5. The van der Waals surface area contributed by atoms with E-state index in [0.29, 0.717) is 22.7 Å². The maximum absolute atomic E-state index is 12.2. The molecule has 11 heteroatoms. The van der Waals surface area contributed by atoms with Gasteiger partial charge in [-0.3, -0.25) is 15.6 Å². The van der Waals surface area contributed by atoms with Crippen molar-refractivity contribution in [2.75, 3.05) is 19.5 Å². The highest BCUT2D eigenvalue weighted by Crippen LogP contribution is 2.27. The van der Waals surface area contributed by atoms with Crippen LogP contribution in [0.5, 0.6) is 17.2 Å². The highest BCUT2D eigenvalue weighted by Gasteiger charge is 2.30. The molecule has 0 aliphatic heterocycles. The third-order valence-electron chi connectivity index (χ3n) is 3.28. The van der Waals surface area contributed by atoms with Crippen molar-refractivity contribution in [3.63, 3.8) is 0 Å². The van der Waals surface area contributed by atoms with Gasteiger partial charge in [0.15, 0.2) is 16.6 Å². The van der Waals surface area contributed by atoms with Crippen LogP contribution in [0.1, 0.15) is 10.4 Å². The maximum Gasteiger partial charge on any atom is 0.573 e. The summed E-state index contributed by atoms with van der Waals surface area (Å²) in [4.78, 5) is 12.2. The summed E-state index contributed by atoms with van der Waals surface area (Å²) >= 11 is 5.02. The van der Waals surface area contributed by atoms with Crippen molar-refractivity contribution >= 4 is 28.9 Å². The zero-order valence-electron chi connectivity index (χ0n) is 14.7. The van der Waals surface area contributed by atoms with Gasteiger partial charge in [-0.15, -0.1) is 13.2 Å². The molecular weight excluding hydrogens is 399 g/mol. The quantitative estimate of drug-likeness (QED) is 0.511. The number of ether oxygens (including phenoxy) is 3. The summed E-state index contributed by atoms with van der Waals surface area (Å²) in [7, 11) is 2.92. The average molecular weight is 415 g/mol. The van der Waals surface area contributed by atoms with Crippen molar-refractivity contribution in [1.29, 1.82) is 0 Å². The molecule has 3 N–H and O–H groups in total. The normalized spacial score (nSPS) is 10.6.